The van der Waals surface area contributed by atoms with Crippen molar-refractivity contribution in [2.75, 3.05) is 6.54 Å². The molecule has 0 saturated heterocycles. The molecule has 2 rings (SSSR count). The van der Waals surface area contributed by atoms with Crippen LogP contribution < -0.4 is 5.73 Å². The third-order valence-electron chi connectivity index (χ3n) is 2.60. The van der Waals surface area contributed by atoms with Gasteiger partial charge in [0.05, 0.1) is 18.0 Å². The molecule has 1 atom stereocenters. The van der Waals surface area contributed by atoms with Crippen LogP contribution in [0.2, 0.25) is 0 Å². The fourth-order valence-electron chi connectivity index (χ4n) is 1.71. The lowest BCUT2D eigenvalue weighted by Crippen LogP contribution is -2.06. The average molecular weight is 235 g/mol. The Bertz CT molecular complexity index is 481. The summed E-state index contributed by atoms with van der Waals surface area (Å²) in [6.45, 7) is 0.398. The van der Waals surface area contributed by atoms with Gasteiger partial charge in [-0.3, -0.25) is 5.10 Å². The minimum atomic E-state index is -0.654. The topological polar surface area (TPSA) is 74.9 Å². The first-order chi connectivity index (χ1) is 8.22. The number of benzene rings is 1. The Kier molecular flexibility index (Phi) is 3.51. The van der Waals surface area contributed by atoms with E-state index in [1.165, 1.54) is 12.1 Å². The Hall–Kier alpha value is -1.72. The van der Waals surface area contributed by atoms with Crippen LogP contribution in [0, 0.1) is 5.82 Å². The van der Waals surface area contributed by atoms with Crippen molar-refractivity contribution in [2.45, 2.75) is 12.5 Å². The number of nitrogens with two attached hydrogens (primary N) is 1. The summed E-state index contributed by atoms with van der Waals surface area (Å²) in [7, 11) is 0. The summed E-state index contributed by atoms with van der Waals surface area (Å²) in [6, 6.07) is 6.02. The molecule has 0 fully saturated rings. The van der Waals surface area contributed by atoms with Gasteiger partial charge in [-0.05, 0) is 37.2 Å². The summed E-state index contributed by atoms with van der Waals surface area (Å²) in [5.74, 6) is -0.294. The van der Waals surface area contributed by atoms with Crippen LogP contribution in [0.15, 0.2) is 30.5 Å². The highest BCUT2D eigenvalue weighted by molar-refractivity contribution is 5.62. The van der Waals surface area contributed by atoms with Crippen LogP contribution in [0.4, 0.5) is 4.39 Å². The molecule has 0 aliphatic rings. The van der Waals surface area contributed by atoms with E-state index < -0.39 is 6.10 Å². The Labute approximate surface area is 98.3 Å². The third-order valence-corrected chi connectivity index (χ3v) is 2.60. The fraction of sp³-hybridized carbons (Fsp3) is 0.250. The second-order valence-corrected chi connectivity index (χ2v) is 3.80. The van der Waals surface area contributed by atoms with Crippen LogP contribution in [-0.2, 0) is 0 Å². The number of hydrogen-bond donors (Lipinski definition) is 3. The van der Waals surface area contributed by atoms with Gasteiger partial charge in [0.1, 0.15) is 5.82 Å². The predicted octanol–water partition coefficient (Wildman–Crippen LogP) is 1.60. The molecule has 0 aliphatic heterocycles. The zero-order chi connectivity index (χ0) is 12.3. The molecular formula is C12H14FN3O. The SMILES string of the molecule is NCC[C@H](O)c1cn[nH]c1-c1ccc(F)cc1. The van der Waals surface area contributed by atoms with Crippen LogP contribution in [0.5, 0.6) is 0 Å². The number of aliphatic hydroxyl groups excluding tert-OH is 1. The van der Waals surface area contributed by atoms with Crippen molar-refractivity contribution in [3.8, 4) is 11.3 Å². The molecule has 0 aliphatic carbocycles. The molecule has 17 heavy (non-hydrogen) atoms. The standard InChI is InChI=1S/C12H14FN3O/c13-9-3-1-8(2-4-9)12-10(7-15-16-12)11(17)5-6-14/h1-4,7,11,17H,5-6,14H2,(H,15,16)/t11-/m0/s1. The summed E-state index contributed by atoms with van der Waals surface area (Å²) in [5, 5.41) is 16.6. The van der Waals surface area contributed by atoms with E-state index in [2.05, 4.69) is 10.2 Å². The lowest BCUT2D eigenvalue weighted by Gasteiger charge is -2.09. The summed E-state index contributed by atoms with van der Waals surface area (Å²) >= 11 is 0. The first-order valence-electron chi connectivity index (χ1n) is 5.39. The van der Waals surface area contributed by atoms with Crippen LogP contribution in [0.1, 0.15) is 18.1 Å². The Balaban J connectivity index is 2.33. The number of aromatic nitrogens is 2. The maximum atomic E-state index is 12.8. The van der Waals surface area contributed by atoms with Crippen LogP contribution in [0.3, 0.4) is 0 Å². The van der Waals surface area contributed by atoms with Crippen molar-refractivity contribution < 1.29 is 9.50 Å². The molecule has 90 valence electrons. The highest BCUT2D eigenvalue weighted by Crippen LogP contribution is 2.27. The zero-order valence-electron chi connectivity index (χ0n) is 9.23. The molecule has 1 aromatic carbocycles. The molecule has 2 aromatic rings. The van der Waals surface area contributed by atoms with E-state index in [0.717, 1.165) is 5.56 Å². The van der Waals surface area contributed by atoms with Gasteiger partial charge < -0.3 is 10.8 Å². The second-order valence-electron chi connectivity index (χ2n) is 3.80. The number of nitrogens with one attached hydrogen (secondary N) is 1. The van der Waals surface area contributed by atoms with E-state index in [4.69, 9.17) is 5.73 Å². The number of rotatable bonds is 4. The van der Waals surface area contributed by atoms with Gasteiger partial charge in [-0.2, -0.15) is 5.10 Å². The largest absolute Gasteiger partial charge is 0.388 e. The second kappa shape index (κ2) is 5.07. The number of nitrogens with zero attached hydrogens (tertiary/aromatic N) is 1. The Morgan fingerprint density at radius 2 is 2.06 bits per heavy atom. The summed E-state index contributed by atoms with van der Waals surface area (Å²) in [4.78, 5) is 0. The number of H-pyrrole nitrogens is 1. The first-order valence-corrected chi connectivity index (χ1v) is 5.39. The van der Waals surface area contributed by atoms with Crippen LogP contribution in [-0.4, -0.2) is 21.8 Å². The molecule has 0 spiro atoms. The van der Waals surface area contributed by atoms with Gasteiger partial charge in [0.2, 0.25) is 0 Å². The van der Waals surface area contributed by atoms with Gasteiger partial charge in [0, 0.05) is 11.1 Å². The number of aromatic amines is 1. The van der Waals surface area contributed by atoms with Crippen molar-refractivity contribution in [1.29, 1.82) is 0 Å². The van der Waals surface area contributed by atoms with Crippen molar-refractivity contribution >= 4 is 0 Å². The van der Waals surface area contributed by atoms with E-state index in [-0.39, 0.29) is 5.82 Å². The normalized spacial score (nSPS) is 12.6. The Morgan fingerprint density at radius 1 is 1.35 bits per heavy atom. The van der Waals surface area contributed by atoms with Crippen molar-refractivity contribution in [2.24, 2.45) is 5.73 Å². The van der Waals surface area contributed by atoms with Gasteiger partial charge in [-0.25, -0.2) is 4.39 Å². The highest BCUT2D eigenvalue weighted by atomic mass is 19.1. The minimum Gasteiger partial charge on any atom is -0.388 e. The molecule has 0 amide bonds. The number of halogens is 1. The van der Waals surface area contributed by atoms with Crippen LogP contribution in [0.25, 0.3) is 11.3 Å². The zero-order valence-corrected chi connectivity index (χ0v) is 9.23. The number of aliphatic hydroxyl groups is 1. The third kappa shape index (κ3) is 2.51. The first kappa shape index (κ1) is 11.8. The molecule has 0 bridgehead atoms. The molecule has 0 unspecified atom stereocenters. The maximum Gasteiger partial charge on any atom is 0.123 e. The van der Waals surface area contributed by atoms with E-state index in [1.54, 1.807) is 18.3 Å². The highest BCUT2D eigenvalue weighted by Gasteiger charge is 2.15. The summed E-state index contributed by atoms with van der Waals surface area (Å²) in [5.41, 5.74) is 7.57. The van der Waals surface area contributed by atoms with Crippen LogP contribution >= 0.6 is 0 Å². The monoisotopic (exact) mass is 235 g/mol. The van der Waals surface area contributed by atoms with E-state index in [0.29, 0.717) is 24.2 Å². The van der Waals surface area contributed by atoms with Gasteiger partial charge in [-0.1, -0.05) is 0 Å². The van der Waals surface area contributed by atoms with Gasteiger partial charge >= 0.3 is 0 Å². The summed E-state index contributed by atoms with van der Waals surface area (Å²) in [6.07, 6.45) is 1.38. The molecule has 1 heterocycles. The van der Waals surface area contributed by atoms with Crippen molar-refractivity contribution in [3.63, 3.8) is 0 Å². The summed E-state index contributed by atoms with van der Waals surface area (Å²) < 4.78 is 12.8. The van der Waals surface area contributed by atoms with Gasteiger partial charge in [0.15, 0.2) is 0 Å². The van der Waals surface area contributed by atoms with E-state index in [1.807, 2.05) is 0 Å². The molecule has 5 heteroatoms. The maximum absolute atomic E-state index is 12.8. The lowest BCUT2D eigenvalue weighted by molar-refractivity contribution is 0.171. The van der Waals surface area contributed by atoms with Crippen molar-refractivity contribution in [3.05, 3.63) is 41.8 Å². The number of hydrogen-bond acceptors (Lipinski definition) is 3. The molecule has 4 N–H and O–H groups in total. The average Bonchev–Trinajstić information content (AvgIpc) is 2.79. The quantitative estimate of drug-likeness (QED) is 0.753. The lowest BCUT2D eigenvalue weighted by atomic mass is 10.0. The molecular weight excluding hydrogens is 221 g/mol. The van der Waals surface area contributed by atoms with E-state index in [9.17, 15) is 9.50 Å². The van der Waals surface area contributed by atoms with E-state index >= 15 is 0 Å². The molecule has 0 saturated carbocycles. The molecule has 4 nitrogen and oxygen atoms in total. The molecule has 1 aromatic heterocycles. The smallest absolute Gasteiger partial charge is 0.123 e. The molecule has 0 radical (unpaired) electrons. The van der Waals surface area contributed by atoms with Crippen molar-refractivity contribution in [1.82, 2.24) is 10.2 Å². The Morgan fingerprint density at radius 3 is 2.71 bits per heavy atom. The fourth-order valence-corrected chi connectivity index (χ4v) is 1.71. The predicted molar refractivity (Wildman–Crippen MR) is 62.6 cm³/mol. The van der Waals surface area contributed by atoms with Gasteiger partial charge in [-0.15, -0.1) is 0 Å². The van der Waals surface area contributed by atoms with Gasteiger partial charge in [0.25, 0.3) is 0 Å². The minimum absolute atomic E-state index is 0.294.